The fraction of sp³-hybridized carbons (Fsp3) is 0.435. The van der Waals surface area contributed by atoms with Crippen molar-refractivity contribution in [2.75, 3.05) is 11.9 Å². The second-order valence-corrected chi connectivity index (χ2v) is 8.12. The SMILES string of the molecule is Cc1cccc(-c2ccc(C)cc2NC(=O)OCC2CC3CCC(C2)N3)c1. The summed E-state index contributed by atoms with van der Waals surface area (Å²) in [6.45, 7) is 4.61. The Morgan fingerprint density at radius 2 is 1.81 bits per heavy atom. The number of aryl methyl sites for hydroxylation is 2. The van der Waals surface area contributed by atoms with E-state index in [9.17, 15) is 4.79 Å². The Labute approximate surface area is 161 Å². The zero-order valence-corrected chi connectivity index (χ0v) is 16.1. The number of nitrogens with one attached hydrogen (secondary N) is 2. The highest BCUT2D eigenvalue weighted by atomic mass is 16.5. The lowest BCUT2D eigenvalue weighted by Gasteiger charge is -2.28. The molecule has 2 atom stereocenters. The van der Waals surface area contributed by atoms with Gasteiger partial charge in [0, 0.05) is 17.6 Å². The minimum atomic E-state index is -0.361. The molecule has 2 unspecified atom stereocenters. The number of amides is 1. The average Bonchev–Trinajstić information content (AvgIpc) is 2.98. The lowest BCUT2D eigenvalue weighted by Crippen LogP contribution is -2.39. The molecule has 4 heteroatoms. The molecule has 0 radical (unpaired) electrons. The van der Waals surface area contributed by atoms with Gasteiger partial charge in [-0.05, 0) is 62.6 Å². The van der Waals surface area contributed by atoms with Crippen molar-refractivity contribution in [3.05, 3.63) is 53.6 Å². The van der Waals surface area contributed by atoms with Gasteiger partial charge in [0.15, 0.2) is 0 Å². The molecule has 0 spiro atoms. The molecule has 2 fully saturated rings. The number of piperidine rings is 1. The molecule has 0 aliphatic carbocycles. The van der Waals surface area contributed by atoms with Gasteiger partial charge in [0.1, 0.15) is 0 Å². The maximum absolute atomic E-state index is 12.4. The minimum absolute atomic E-state index is 0.361. The number of ether oxygens (including phenoxy) is 1. The Hall–Kier alpha value is -2.33. The lowest BCUT2D eigenvalue weighted by molar-refractivity contribution is 0.122. The van der Waals surface area contributed by atoms with Gasteiger partial charge >= 0.3 is 6.09 Å². The number of benzene rings is 2. The molecular weight excluding hydrogens is 336 g/mol. The molecule has 2 heterocycles. The highest BCUT2D eigenvalue weighted by Crippen LogP contribution is 2.32. The summed E-state index contributed by atoms with van der Waals surface area (Å²) in [5, 5.41) is 6.60. The van der Waals surface area contributed by atoms with E-state index in [1.807, 2.05) is 19.1 Å². The smallest absolute Gasteiger partial charge is 0.411 e. The predicted molar refractivity (Wildman–Crippen MR) is 109 cm³/mol. The Morgan fingerprint density at radius 1 is 1.07 bits per heavy atom. The van der Waals surface area contributed by atoms with Crippen LogP contribution in [0, 0.1) is 19.8 Å². The summed E-state index contributed by atoms with van der Waals surface area (Å²) < 4.78 is 5.59. The standard InChI is InChI=1S/C23H28N2O2/c1-15-4-3-5-18(10-15)21-9-6-16(2)11-22(21)25-23(26)27-14-17-12-19-7-8-20(13-17)24-19/h3-6,9-11,17,19-20,24H,7-8,12-14H2,1-2H3,(H,25,26). The molecule has 2 saturated heterocycles. The first-order chi connectivity index (χ1) is 13.1. The summed E-state index contributed by atoms with van der Waals surface area (Å²) in [6.07, 6.45) is 4.39. The number of hydrogen-bond donors (Lipinski definition) is 2. The Morgan fingerprint density at radius 3 is 2.56 bits per heavy atom. The van der Waals surface area contributed by atoms with Crippen molar-refractivity contribution in [1.29, 1.82) is 0 Å². The molecule has 1 amide bonds. The van der Waals surface area contributed by atoms with Gasteiger partial charge in [-0.3, -0.25) is 5.32 Å². The minimum Gasteiger partial charge on any atom is -0.449 e. The van der Waals surface area contributed by atoms with Crippen LogP contribution in [0.2, 0.25) is 0 Å². The molecule has 4 rings (SSSR count). The van der Waals surface area contributed by atoms with E-state index in [-0.39, 0.29) is 6.09 Å². The third-order valence-corrected chi connectivity index (χ3v) is 5.76. The normalized spacial score (nSPS) is 23.9. The van der Waals surface area contributed by atoms with Crippen LogP contribution in [0.3, 0.4) is 0 Å². The van der Waals surface area contributed by atoms with E-state index < -0.39 is 0 Å². The van der Waals surface area contributed by atoms with Crippen LogP contribution in [0.1, 0.15) is 36.8 Å². The first kappa shape index (κ1) is 18.1. The molecule has 2 aromatic rings. The first-order valence-corrected chi connectivity index (χ1v) is 9.94. The van der Waals surface area contributed by atoms with Crippen LogP contribution in [-0.2, 0) is 4.74 Å². The van der Waals surface area contributed by atoms with E-state index in [0.29, 0.717) is 24.6 Å². The summed E-state index contributed by atoms with van der Waals surface area (Å²) in [7, 11) is 0. The van der Waals surface area contributed by atoms with Crippen LogP contribution >= 0.6 is 0 Å². The fourth-order valence-electron chi connectivity index (χ4n) is 4.48. The van der Waals surface area contributed by atoms with Crippen LogP contribution in [-0.4, -0.2) is 24.8 Å². The van der Waals surface area contributed by atoms with E-state index in [4.69, 9.17) is 4.74 Å². The van der Waals surface area contributed by atoms with Gasteiger partial charge in [-0.2, -0.15) is 0 Å². The number of fused-ring (bicyclic) bond motifs is 2. The van der Waals surface area contributed by atoms with E-state index in [1.165, 1.54) is 18.4 Å². The molecule has 2 N–H and O–H groups in total. The second kappa shape index (κ2) is 7.73. The van der Waals surface area contributed by atoms with Gasteiger partial charge in [0.05, 0.1) is 12.3 Å². The van der Waals surface area contributed by atoms with E-state index in [2.05, 4.69) is 47.9 Å². The summed E-state index contributed by atoms with van der Waals surface area (Å²) in [5.41, 5.74) is 5.22. The van der Waals surface area contributed by atoms with Crippen molar-refractivity contribution in [2.24, 2.45) is 5.92 Å². The van der Waals surface area contributed by atoms with Crippen molar-refractivity contribution < 1.29 is 9.53 Å². The maximum atomic E-state index is 12.4. The monoisotopic (exact) mass is 364 g/mol. The van der Waals surface area contributed by atoms with Gasteiger partial charge in [-0.15, -0.1) is 0 Å². The van der Waals surface area contributed by atoms with Crippen molar-refractivity contribution in [3.63, 3.8) is 0 Å². The molecule has 2 aromatic carbocycles. The number of anilines is 1. The average molecular weight is 364 g/mol. The molecule has 2 aliphatic heterocycles. The van der Waals surface area contributed by atoms with Crippen LogP contribution in [0.15, 0.2) is 42.5 Å². The Kier molecular flexibility index (Phi) is 5.17. The maximum Gasteiger partial charge on any atom is 0.411 e. The highest BCUT2D eigenvalue weighted by molar-refractivity contribution is 5.91. The predicted octanol–water partition coefficient (Wildman–Crippen LogP) is 5.05. The number of rotatable bonds is 4. The molecule has 142 valence electrons. The molecule has 2 bridgehead atoms. The number of carbonyl (C=O) groups is 1. The largest absolute Gasteiger partial charge is 0.449 e. The van der Waals surface area contributed by atoms with Crippen LogP contribution in [0.5, 0.6) is 0 Å². The van der Waals surface area contributed by atoms with E-state index in [0.717, 1.165) is 35.2 Å². The van der Waals surface area contributed by atoms with Crippen LogP contribution in [0.4, 0.5) is 10.5 Å². The van der Waals surface area contributed by atoms with Crippen LogP contribution in [0.25, 0.3) is 11.1 Å². The Balaban J connectivity index is 1.42. The fourth-order valence-corrected chi connectivity index (χ4v) is 4.48. The van der Waals surface area contributed by atoms with Gasteiger partial charge in [-0.1, -0.05) is 42.0 Å². The number of hydrogen-bond acceptors (Lipinski definition) is 3. The van der Waals surface area contributed by atoms with Crippen molar-refractivity contribution in [1.82, 2.24) is 5.32 Å². The molecule has 4 nitrogen and oxygen atoms in total. The second-order valence-electron chi connectivity index (χ2n) is 8.12. The Bertz CT molecular complexity index is 821. The lowest BCUT2D eigenvalue weighted by atomic mass is 9.93. The molecular formula is C23H28N2O2. The van der Waals surface area contributed by atoms with Gasteiger partial charge in [-0.25, -0.2) is 4.79 Å². The third kappa shape index (κ3) is 4.33. The van der Waals surface area contributed by atoms with Gasteiger partial charge in [0.2, 0.25) is 0 Å². The van der Waals surface area contributed by atoms with E-state index >= 15 is 0 Å². The van der Waals surface area contributed by atoms with Gasteiger partial charge < -0.3 is 10.1 Å². The molecule has 2 aliphatic rings. The zero-order valence-electron chi connectivity index (χ0n) is 16.1. The molecule has 0 aromatic heterocycles. The molecule has 0 saturated carbocycles. The van der Waals surface area contributed by atoms with Crippen molar-refractivity contribution in [3.8, 4) is 11.1 Å². The first-order valence-electron chi connectivity index (χ1n) is 9.94. The highest BCUT2D eigenvalue weighted by Gasteiger charge is 2.33. The zero-order chi connectivity index (χ0) is 18.8. The number of carbonyl (C=O) groups excluding carboxylic acids is 1. The van der Waals surface area contributed by atoms with Crippen molar-refractivity contribution in [2.45, 2.75) is 51.6 Å². The van der Waals surface area contributed by atoms with Gasteiger partial charge in [0.25, 0.3) is 0 Å². The summed E-state index contributed by atoms with van der Waals surface area (Å²) in [6, 6.07) is 15.7. The molecule has 27 heavy (non-hydrogen) atoms. The summed E-state index contributed by atoms with van der Waals surface area (Å²) >= 11 is 0. The van der Waals surface area contributed by atoms with Crippen LogP contribution < -0.4 is 10.6 Å². The quantitative estimate of drug-likeness (QED) is 0.798. The van der Waals surface area contributed by atoms with Crippen molar-refractivity contribution >= 4 is 11.8 Å². The summed E-state index contributed by atoms with van der Waals surface area (Å²) in [5.74, 6) is 0.475. The van der Waals surface area contributed by atoms with E-state index in [1.54, 1.807) is 0 Å². The summed E-state index contributed by atoms with van der Waals surface area (Å²) in [4.78, 5) is 12.4. The third-order valence-electron chi connectivity index (χ3n) is 5.76. The topological polar surface area (TPSA) is 50.4 Å².